The molecule has 1 aliphatic rings. The number of aryl methyl sites for hydroxylation is 1. The lowest BCUT2D eigenvalue weighted by Crippen LogP contribution is -2.07. The van der Waals surface area contributed by atoms with Gasteiger partial charge in [-0.1, -0.05) is 34.7 Å². The zero-order valence-corrected chi connectivity index (χ0v) is 19.5. The first-order chi connectivity index (χ1) is 15.1. The molecule has 0 fully saturated rings. The van der Waals surface area contributed by atoms with Crippen LogP contribution in [0.3, 0.4) is 0 Å². The van der Waals surface area contributed by atoms with Gasteiger partial charge in [0.15, 0.2) is 0 Å². The normalized spacial score (nSPS) is 12.5. The van der Waals surface area contributed by atoms with E-state index in [0.717, 1.165) is 53.2 Å². The van der Waals surface area contributed by atoms with Crippen LogP contribution in [0.15, 0.2) is 48.5 Å². The summed E-state index contributed by atoms with van der Waals surface area (Å²) in [6.45, 7) is 2.20. The van der Waals surface area contributed by atoms with Gasteiger partial charge in [-0.05, 0) is 79.3 Å². The number of aromatic nitrogens is 1. The summed E-state index contributed by atoms with van der Waals surface area (Å²) in [7, 11) is 0. The number of pyridine rings is 1. The molecule has 0 aliphatic heterocycles. The maximum absolute atomic E-state index is 14.0. The van der Waals surface area contributed by atoms with Crippen LogP contribution >= 0.6 is 22.6 Å². The molecule has 31 heavy (non-hydrogen) atoms. The van der Waals surface area contributed by atoms with Crippen molar-refractivity contribution in [3.05, 3.63) is 76.7 Å². The van der Waals surface area contributed by atoms with Crippen LogP contribution in [-0.4, -0.2) is 17.6 Å². The number of nitrogens with one attached hydrogen (secondary N) is 1. The van der Waals surface area contributed by atoms with Crippen molar-refractivity contribution in [3.63, 3.8) is 0 Å². The van der Waals surface area contributed by atoms with Gasteiger partial charge in [-0.25, -0.2) is 4.39 Å². The van der Waals surface area contributed by atoms with E-state index in [4.69, 9.17) is 9.72 Å². The fourth-order valence-corrected chi connectivity index (χ4v) is 4.46. The zero-order valence-electron chi connectivity index (χ0n) is 17.4. The van der Waals surface area contributed by atoms with E-state index in [2.05, 4.69) is 34.0 Å². The highest BCUT2D eigenvalue weighted by molar-refractivity contribution is 14.1. The first-order valence-electron chi connectivity index (χ1n) is 10.5. The van der Waals surface area contributed by atoms with Crippen LogP contribution in [0, 0.1) is 5.82 Å². The summed E-state index contributed by atoms with van der Waals surface area (Å²) in [4.78, 5) is 16.6. The fourth-order valence-electron chi connectivity index (χ4n) is 3.88. The number of carbonyl (C=O) groups is 1. The maximum atomic E-state index is 14.0. The number of esters is 1. The Kier molecular flexibility index (Phi) is 6.85. The van der Waals surface area contributed by atoms with E-state index in [1.54, 1.807) is 13.0 Å². The van der Waals surface area contributed by atoms with E-state index in [1.165, 1.54) is 11.6 Å². The molecule has 0 amide bonds. The van der Waals surface area contributed by atoms with E-state index in [1.807, 2.05) is 30.3 Å². The Morgan fingerprint density at radius 2 is 1.97 bits per heavy atom. The second-order valence-electron chi connectivity index (χ2n) is 7.58. The van der Waals surface area contributed by atoms with Crippen LogP contribution in [0.25, 0.3) is 11.3 Å². The van der Waals surface area contributed by atoms with Gasteiger partial charge in [0, 0.05) is 27.1 Å². The highest BCUT2D eigenvalue weighted by atomic mass is 127. The highest BCUT2D eigenvalue weighted by Gasteiger charge is 2.19. The molecule has 3 aromatic rings. The van der Waals surface area contributed by atoms with Crippen molar-refractivity contribution in [1.82, 2.24) is 4.98 Å². The third kappa shape index (κ3) is 5.06. The van der Waals surface area contributed by atoms with Crippen LogP contribution in [-0.2, 0) is 33.2 Å². The van der Waals surface area contributed by atoms with Crippen LogP contribution in [0.1, 0.15) is 35.7 Å². The van der Waals surface area contributed by atoms with Crippen molar-refractivity contribution in [3.8, 4) is 11.3 Å². The van der Waals surface area contributed by atoms with E-state index < -0.39 is 0 Å². The minimum atomic E-state index is -0.218. The lowest BCUT2D eigenvalue weighted by atomic mass is 10.0. The Hall–Kier alpha value is -2.48. The number of carbonyl (C=O) groups excluding carboxylic acids is 1. The predicted molar refractivity (Wildman–Crippen MR) is 129 cm³/mol. The largest absolute Gasteiger partial charge is 0.466 e. The van der Waals surface area contributed by atoms with E-state index >= 15 is 0 Å². The van der Waals surface area contributed by atoms with Gasteiger partial charge in [0.1, 0.15) is 5.82 Å². The highest BCUT2D eigenvalue weighted by Crippen LogP contribution is 2.34. The van der Waals surface area contributed by atoms with Crippen LogP contribution in [0.2, 0.25) is 0 Å². The summed E-state index contributed by atoms with van der Waals surface area (Å²) in [6.07, 6.45) is 3.30. The molecular weight excluding hydrogens is 506 g/mol. The van der Waals surface area contributed by atoms with Gasteiger partial charge in [0.25, 0.3) is 0 Å². The lowest BCUT2D eigenvalue weighted by molar-refractivity contribution is -0.142. The summed E-state index contributed by atoms with van der Waals surface area (Å²) < 4.78 is 19.6. The fraction of sp³-hybridized carbons (Fsp3) is 0.280. The van der Waals surface area contributed by atoms with Gasteiger partial charge in [-0.2, -0.15) is 0 Å². The molecule has 6 heteroatoms. The molecule has 1 N–H and O–H groups in total. The summed E-state index contributed by atoms with van der Waals surface area (Å²) in [5, 5.41) is 3.53. The second-order valence-corrected chi connectivity index (χ2v) is 8.34. The topological polar surface area (TPSA) is 51.2 Å². The smallest absolute Gasteiger partial charge is 0.310 e. The van der Waals surface area contributed by atoms with Crippen molar-refractivity contribution < 1.29 is 13.9 Å². The first kappa shape index (κ1) is 21.7. The second kappa shape index (κ2) is 9.77. The number of nitrogens with zero attached hydrogens (tertiary/aromatic N) is 1. The van der Waals surface area contributed by atoms with Crippen LogP contribution < -0.4 is 5.32 Å². The average molecular weight is 530 g/mol. The minimum Gasteiger partial charge on any atom is -0.466 e. The average Bonchev–Trinajstić information content (AvgIpc) is 3.25. The number of halogens is 2. The molecule has 0 atom stereocenters. The molecule has 1 aromatic heterocycles. The Balaban J connectivity index is 1.61. The Morgan fingerprint density at radius 3 is 2.71 bits per heavy atom. The quantitative estimate of drug-likeness (QED) is 0.226. The van der Waals surface area contributed by atoms with Crippen molar-refractivity contribution in [2.24, 2.45) is 0 Å². The van der Waals surface area contributed by atoms with E-state index in [-0.39, 0.29) is 18.2 Å². The third-order valence-electron chi connectivity index (χ3n) is 5.42. The number of ether oxygens (including phenoxy) is 1. The van der Waals surface area contributed by atoms with E-state index in [0.29, 0.717) is 16.6 Å². The van der Waals surface area contributed by atoms with Gasteiger partial charge in [-0.15, -0.1) is 0 Å². The standard InChI is InChI=1S/C25H24FIN2O2/c1-2-31-25(30)12-16-6-9-19(10-7-16)28-24-14-23(29-22-5-3-4-20(22)24)17-8-11-21(26)18(13-17)15-27/h6-11,13-14H,2-5,12,15H2,1H3,(H,28,29). The molecule has 2 aromatic carbocycles. The molecule has 0 unspecified atom stereocenters. The summed E-state index contributed by atoms with van der Waals surface area (Å²) in [5.74, 6) is -0.398. The molecule has 160 valence electrons. The molecule has 4 nitrogen and oxygen atoms in total. The Morgan fingerprint density at radius 1 is 1.16 bits per heavy atom. The number of fused-ring (bicyclic) bond motifs is 1. The molecule has 1 heterocycles. The molecule has 0 spiro atoms. The molecule has 1 aliphatic carbocycles. The van der Waals surface area contributed by atoms with Crippen molar-refractivity contribution in [1.29, 1.82) is 0 Å². The van der Waals surface area contributed by atoms with Gasteiger partial charge in [0.2, 0.25) is 0 Å². The zero-order chi connectivity index (χ0) is 21.8. The SMILES string of the molecule is CCOC(=O)Cc1ccc(Nc2cc(-c3ccc(F)c(CI)c3)nc3c2CCC3)cc1. The maximum Gasteiger partial charge on any atom is 0.310 e. The van der Waals surface area contributed by atoms with Crippen molar-refractivity contribution >= 4 is 39.9 Å². The predicted octanol–water partition coefficient (Wildman–Crippen LogP) is 6.16. The Labute approximate surface area is 195 Å². The molecular formula is C25H24FIN2O2. The van der Waals surface area contributed by atoms with Gasteiger partial charge in [0.05, 0.1) is 18.7 Å². The molecule has 0 saturated heterocycles. The number of benzene rings is 2. The monoisotopic (exact) mass is 530 g/mol. The van der Waals surface area contributed by atoms with Gasteiger partial charge in [-0.3, -0.25) is 9.78 Å². The number of rotatable bonds is 7. The number of hydrogen-bond acceptors (Lipinski definition) is 4. The lowest BCUT2D eigenvalue weighted by Gasteiger charge is -2.14. The van der Waals surface area contributed by atoms with Gasteiger partial charge >= 0.3 is 5.97 Å². The minimum absolute atomic E-state index is 0.180. The van der Waals surface area contributed by atoms with Crippen LogP contribution in [0.4, 0.5) is 15.8 Å². The third-order valence-corrected chi connectivity index (χ3v) is 6.24. The molecule has 0 radical (unpaired) electrons. The number of anilines is 2. The Bertz CT molecular complexity index is 1100. The summed E-state index contributed by atoms with van der Waals surface area (Å²) in [6, 6.07) is 15.1. The van der Waals surface area contributed by atoms with Gasteiger partial charge < -0.3 is 10.1 Å². The molecule has 4 rings (SSSR count). The van der Waals surface area contributed by atoms with Crippen molar-refractivity contribution in [2.75, 3.05) is 11.9 Å². The van der Waals surface area contributed by atoms with E-state index in [9.17, 15) is 9.18 Å². The first-order valence-corrected chi connectivity index (χ1v) is 12.0. The van der Waals surface area contributed by atoms with Crippen molar-refractivity contribution in [2.45, 2.75) is 37.0 Å². The number of alkyl halides is 1. The summed E-state index contributed by atoms with van der Waals surface area (Å²) in [5.41, 5.74) is 7.73. The van der Waals surface area contributed by atoms with Crippen LogP contribution in [0.5, 0.6) is 0 Å². The molecule has 0 bridgehead atoms. The molecule has 0 saturated carbocycles. The number of hydrogen-bond donors (Lipinski definition) is 1. The summed E-state index contributed by atoms with van der Waals surface area (Å²) >= 11 is 2.18.